The molecule has 1 amide bonds. The molecule has 1 N–H and O–H groups in total. The van der Waals surface area contributed by atoms with Gasteiger partial charge in [-0.15, -0.1) is 0 Å². The molecule has 2 aromatic carbocycles. The third kappa shape index (κ3) is 5.41. The van der Waals surface area contributed by atoms with Crippen LogP contribution in [0.2, 0.25) is 0 Å². The monoisotopic (exact) mass is 516 g/mol. The number of oxazole rings is 1. The minimum absolute atomic E-state index is 0.0600. The minimum Gasteiger partial charge on any atom is -0.497 e. The number of rotatable bonds is 8. The van der Waals surface area contributed by atoms with Crippen molar-refractivity contribution in [3.63, 3.8) is 0 Å². The average molecular weight is 517 g/mol. The van der Waals surface area contributed by atoms with Crippen molar-refractivity contribution in [3.05, 3.63) is 53.0 Å². The number of hydrogen-bond acceptors (Lipinski definition) is 7. The van der Waals surface area contributed by atoms with Crippen LogP contribution in [0.5, 0.6) is 5.75 Å². The molecule has 0 bridgehead atoms. The van der Waals surface area contributed by atoms with E-state index >= 15 is 0 Å². The fraction of sp³-hybridized carbons (Fsp3) is 0.440. The second-order valence-corrected chi connectivity index (χ2v) is 11.1. The number of nitrogens with one attached hydrogen (secondary N) is 1. The normalized spacial score (nSPS) is 15.5. The average Bonchev–Trinajstić information content (AvgIpc) is 3.15. The predicted molar refractivity (Wildman–Crippen MR) is 137 cm³/mol. The number of carbonyl (C=O) groups excluding carboxylic acids is 1. The van der Waals surface area contributed by atoms with E-state index in [1.165, 1.54) is 22.8 Å². The zero-order valence-electron chi connectivity index (χ0n) is 20.9. The van der Waals surface area contributed by atoms with Gasteiger partial charge in [-0.05, 0) is 48.7 Å². The number of benzene rings is 2. The lowest BCUT2D eigenvalue weighted by molar-refractivity contribution is -0.133. The number of ether oxygens (including phenoxy) is 1. The SMILES string of the molecule is COc1ccc(N2CCN(C(=O)[C@H](CC(C)C)NS(=O)(=O)c3ccc4c(c3)oc(=O)n4C)CC2)cc1. The van der Waals surface area contributed by atoms with Crippen LogP contribution in [-0.4, -0.2) is 63.1 Å². The molecule has 1 aliphatic heterocycles. The summed E-state index contributed by atoms with van der Waals surface area (Å²) in [4.78, 5) is 29.1. The highest BCUT2D eigenvalue weighted by Gasteiger charge is 2.32. The summed E-state index contributed by atoms with van der Waals surface area (Å²) in [6.07, 6.45) is 0.361. The number of aromatic nitrogens is 1. The largest absolute Gasteiger partial charge is 0.497 e. The van der Waals surface area contributed by atoms with Crippen molar-refractivity contribution in [1.82, 2.24) is 14.2 Å². The number of hydrogen-bond donors (Lipinski definition) is 1. The Morgan fingerprint density at radius 3 is 2.36 bits per heavy atom. The van der Waals surface area contributed by atoms with Crippen LogP contribution >= 0.6 is 0 Å². The minimum atomic E-state index is -4.04. The summed E-state index contributed by atoms with van der Waals surface area (Å²) in [5.74, 6) is 0.0601. The molecule has 3 aromatic rings. The van der Waals surface area contributed by atoms with Crippen molar-refractivity contribution in [2.24, 2.45) is 13.0 Å². The topological polar surface area (TPSA) is 114 Å². The van der Waals surface area contributed by atoms with E-state index in [9.17, 15) is 18.0 Å². The molecule has 10 nitrogen and oxygen atoms in total. The maximum atomic E-state index is 13.4. The number of nitrogens with zero attached hydrogens (tertiary/aromatic N) is 3. The summed E-state index contributed by atoms with van der Waals surface area (Å²) in [6, 6.07) is 11.1. The summed E-state index contributed by atoms with van der Waals surface area (Å²) in [5, 5.41) is 0. The molecule has 194 valence electrons. The van der Waals surface area contributed by atoms with Crippen LogP contribution in [0.4, 0.5) is 5.69 Å². The van der Waals surface area contributed by atoms with Crippen LogP contribution in [0.1, 0.15) is 20.3 Å². The second-order valence-electron chi connectivity index (χ2n) is 9.37. The van der Waals surface area contributed by atoms with Gasteiger partial charge in [0.2, 0.25) is 15.9 Å². The number of sulfonamides is 1. The third-order valence-corrected chi connectivity index (χ3v) is 7.87. The number of carbonyl (C=O) groups is 1. The van der Waals surface area contributed by atoms with E-state index in [0.29, 0.717) is 38.1 Å². The predicted octanol–water partition coefficient (Wildman–Crippen LogP) is 2.18. The Morgan fingerprint density at radius 2 is 1.75 bits per heavy atom. The van der Waals surface area contributed by atoms with E-state index in [2.05, 4.69) is 9.62 Å². The van der Waals surface area contributed by atoms with Crippen LogP contribution in [-0.2, 0) is 21.9 Å². The quantitative estimate of drug-likeness (QED) is 0.488. The van der Waals surface area contributed by atoms with Crippen LogP contribution in [0.3, 0.4) is 0 Å². The molecular weight excluding hydrogens is 484 g/mol. The number of methoxy groups -OCH3 is 1. The van der Waals surface area contributed by atoms with Gasteiger partial charge in [0.15, 0.2) is 5.58 Å². The van der Waals surface area contributed by atoms with Gasteiger partial charge in [0.05, 0.1) is 17.5 Å². The maximum Gasteiger partial charge on any atom is 0.419 e. The highest BCUT2D eigenvalue weighted by molar-refractivity contribution is 7.89. The van der Waals surface area contributed by atoms with Crippen molar-refractivity contribution in [2.45, 2.75) is 31.2 Å². The van der Waals surface area contributed by atoms with Gasteiger partial charge >= 0.3 is 5.76 Å². The van der Waals surface area contributed by atoms with E-state index in [1.54, 1.807) is 19.1 Å². The Bertz CT molecular complexity index is 1390. The zero-order chi connectivity index (χ0) is 26.0. The molecule has 0 saturated carbocycles. The molecule has 4 rings (SSSR count). The molecule has 0 radical (unpaired) electrons. The first-order valence-electron chi connectivity index (χ1n) is 11.9. The molecule has 11 heteroatoms. The van der Waals surface area contributed by atoms with Gasteiger partial charge in [-0.1, -0.05) is 13.8 Å². The number of fused-ring (bicyclic) bond motifs is 1. The van der Waals surface area contributed by atoms with E-state index in [0.717, 1.165) is 11.4 Å². The summed E-state index contributed by atoms with van der Waals surface area (Å²) in [5.41, 5.74) is 1.71. The zero-order valence-corrected chi connectivity index (χ0v) is 21.7. The summed E-state index contributed by atoms with van der Waals surface area (Å²) >= 11 is 0. The number of piperazine rings is 1. The van der Waals surface area contributed by atoms with E-state index in [-0.39, 0.29) is 22.3 Å². The fourth-order valence-electron chi connectivity index (χ4n) is 4.41. The number of anilines is 1. The molecule has 0 aliphatic carbocycles. The Hall–Kier alpha value is -3.31. The molecule has 0 unspecified atom stereocenters. The van der Waals surface area contributed by atoms with Gasteiger partial charge in [-0.2, -0.15) is 4.72 Å². The Kier molecular flexibility index (Phi) is 7.41. The summed E-state index contributed by atoms with van der Waals surface area (Å²) in [6.45, 7) is 6.15. The summed E-state index contributed by atoms with van der Waals surface area (Å²) in [7, 11) is -0.864. The van der Waals surface area contributed by atoms with Gasteiger partial charge in [0.1, 0.15) is 11.8 Å². The molecular formula is C25H32N4O6S. The third-order valence-electron chi connectivity index (χ3n) is 6.41. The fourth-order valence-corrected chi connectivity index (χ4v) is 5.62. The van der Waals surface area contributed by atoms with Crippen molar-refractivity contribution in [2.75, 3.05) is 38.2 Å². The van der Waals surface area contributed by atoms with E-state index in [1.807, 2.05) is 38.1 Å². The number of amides is 1. The standard InChI is InChI=1S/C25H32N4O6S/c1-17(2)15-21(26-36(32,33)20-9-10-22-23(16-20)35-25(31)27(22)3)24(30)29-13-11-28(12-14-29)18-5-7-19(34-4)8-6-18/h5-10,16-17,21,26H,11-15H2,1-4H3/t21-/m0/s1. The Morgan fingerprint density at radius 1 is 1.08 bits per heavy atom. The van der Waals surface area contributed by atoms with Crippen LogP contribution in [0, 0.1) is 5.92 Å². The Balaban J connectivity index is 1.47. The highest BCUT2D eigenvalue weighted by Crippen LogP contribution is 2.22. The molecule has 2 heterocycles. The van der Waals surface area contributed by atoms with Gasteiger partial charge in [-0.3, -0.25) is 9.36 Å². The summed E-state index contributed by atoms with van der Waals surface area (Å²) < 4.78 is 40.7. The lowest BCUT2D eigenvalue weighted by Gasteiger charge is -2.38. The lowest BCUT2D eigenvalue weighted by Crippen LogP contribution is -2.55. The molecule has 1 fully saturated rings. The van der Waals surface area contributed by atoms with Crippen molar-refractivity contribution in [1.29, 1.82) is 0 Å². The van der Waals surface area contributed by atoms with E-state index < -0.39 is 21.8 Å². The lowest BCUT2D eigenvalue weighted by atomic mass is 10.0. The van der Waals surface area contributed by atoms with Crippen LogP contribution in [0.15, 0.2) is 56.6 Å². The Labute approximate surface area is 210 Å². The first-order chi connectivity index (χ1) is 17.1. The molecule has 36 heavy (non-hydrogen) atoms. The van der Waals surface area contributed by atoms with Gasteiger partial charge in [0, 0.05) is 45.0 Å². The first-order valence-corrected chi connectivity index (χ1v) is 13.4. The van der Waals surface area contributed by atoms with Crippen LogP contribution < -0.4 is 20.1 Å². The second kappa shape index (κ2) is 10.4. The van der Waals surface area contributed by atoms with Gasteiger partial charge in [-0.25, -0.2) is 13.2 Å². The molecule has 1 saturated heterocycles. The van der Waals surface area contributed by atoms with Crippen molar-refractivity contribution < 1.29 is 22.4 Å². The van der Waals surface area contributed by atoms with Gasteiger partial charge < -0.3 is 19.0 Å². The first kappa shape index (κ1) is 25.8. The smallest absolute Gasteiger partial charge is 0.419 e. The molecule has 1 aliphatic rings. The van der Waals surface area contributed by atoms with Gasteiger partial charge in [0.25, 0.3) is 0 Å². The highest BCUT2D eigenvalue weighted by atomic mass is 32.2. The molecule has 1 atom stereocenters. The number of aryl methyl sites for hydroxylation is 1. The molecule has 0 spiro atoms. The molecule has 1 aromatic heterocycles. The van der Waals surface area contributed by atoms with Crippen molar-refractivity contribution in [3.8, 4) is 5.75 Å². The maximum absolute atomic E-state index is 13.4. The van der Waals surface area contributed by atoms with Crippen LogP contribution in [0.25, 0.3) is 11.1 Å². The van der Waals surface area contributed by atoms with E-state index in [4.69, 9.17) is 9.15 Å². The van der Waals surface area contributed by atoms with Crippen molar-refractivity contribution >= 4 is 32.7 Å².